The largest absolute Gasteiger partial charge is 0.478 e. The van der Waals surface area contributed by atoms with Crippen LogP contribution in [0.3, 0.4) is 0 Å². The third-order valence-corrected chi connectivity index (χ3v) is 3.07. The maximum Gasteiger partial charge on any atom is 0.337 e. The summed E-state index contributed by atoms with van der Waals surface area (Å²) in [6, 6.07) is 0.953. The quantitative estimate of drug-likeness (QED) is 0.643. The molecule has 1 aromatic heterocycles. The molecule has 0 unspecified atom stereocenters. The van der Waals surface area contributed by atoms with Gasteiger partial charge in [0.15, 0.2) is 0 Å². The fourth-order valence-corrected chi connectivity index (χ4v) is 1.91. The summed E-state index contributed by atoms with van der Waals surface area (Å²) >= 11 is 0. The number of carboxylic acid groups (broad SMARTS) is 1. The summed E-state index contributed by atoms with van der Waals surface area (Å²) in [5.74, 6) is -1.15. The molecule has 2 rings (SSSR count). The number of nitro groups is 1. The van der Waals surface area contributed by atoms with Gasteiger partial charge in [0.1, 0.15) is 0 Å². The molecule has 8 heteroatoms. The second kappa shape index (κ2) is 6.29. The Morgan fingerprint density at radius 3 is 2.85 bits per heavy atom. The number of rotatable bonds is 5. The highest BCUT2D eigenvalue weighted by Crippen LogP contribution is 2.26. The lowest BCUT2D eigenvalue weighted by Gasteiger charge is -2.21. The number of aromatic carboxylic acids is 1. The van der Waals surface area contributed by atoms with Gasteiger partial charge >= 0.3 is 11.7 Å². The molecule has 1 saturated heterocycles. The lowest BCUT2D eigenvalue weighted by molar-refractivity contribution is -0.386. The molecule has 1 N–H and O–H groups in total. The highest BCUT2D eigenvalue weighted by Gasteiger charge is 2.22. The monoisotopic (exact) mass is 282 g/mol. The van der Waals surface area contributed by atoms with Crippen LogP contribution in [0.1, 0.15) is 23.2 Å². The van der Waals surface area contributed by atoms with E-state index in [1.54, 1.807) is 0 Å². The summed E-state index contributed by atoms with van der Waals surface area (Å²) in [6.45, 7) is 1.62. The van der Waals surface area contributed by atoms with Crippen molar-refractivity contribution in [2.45, 2.75) is 12.8 Å². The minimum absolute atomic E-state index is 0.147. The van der Waals surface area contributed by atoms with E-state index < -0.39 is 16.6 Å². The van der Waals surface area contributed by atoms with Crippen LogP contribution in [0, 0.1) is 16.0 Å². The number of ether oxygens (including phenoxy) is 2. The van der Waals surface area contributed by atoms with Gasteiger partial charge in [-0.25, -0.2) is 9.78 Å². The second-order valence-corrected chi connectivity index (χ2v) is 4.48. The third-order valence-electron chi connectivity index (χ3n) is 3.07. The fourth-order valence-electron chi connectivity index (χ4n) is 1.91. The Labute approximate surface area is 114 Å². The van der Waals surface area contributed by atoms with Crippen LogP contribution in [-0.4, -0.2) is 40.8 Å². The zero-order chi connectivity index (χ0) is 14.5. The summed E-state index contributed by atoms with van der Waals surface area (Å²) in [5.41, 5.74) is -0.674. The van der Waals surface area contributed by atoms with E-state index in [9.17, 15) is 14.9 Å². The Balaban J connectivity index is 2.09. The van der Waals surface area contributed by atoms with Crippen LogP contribution in [0.5, 0.6) is 5.88 Å². The molecule has 1 aromatic rings. The molecule has 0 amide bonds. The normalized spacial score (nSPS) is 15.8. The van der Waals surface area contributed by atoms with Crippen molar-refractivity contribution in [3.63, 3.8) is 0 Å². The number of carbonyl (C=O) groups is 1. The summed E-state index contributed by atoms with van der Waals surface area (Å²) in [6.07, 6.45) is 2.72. The number of hydrogen-bond donors (Lipinski definition) is 1. The summed E-state index contributed by atoms with van der Waals surface area (Å²) < 4.78 is 10.6. The molecule has 1 aliphatic heterocycles. The predicted molar refractivity (Wildman–Crippen MR) is 66.9 cm³/mol. The maximum absolute atomic E-state index is 10.9. The van der Waals surface area contributed by atoms with Gasteiger partial charge in [-0.15, -0.1) is 0 Å². The molecule has 0 radical (unpaired) electrons. The van der Waals surface area contributed by atoms with E-state index in [0.29, 0.717) is 19.8 Å². The molecule has 20 heavy (non-hydrogen) atoms. The molecule has 8 nitrogen and oxygen atoms in total. The molecule has 0 aromatic carbocycles. The van der Waals surface area contributed by atoms with Crippen molar-refractivity contribution in [1.82, 2.24) is 4.98 Å². The van der Waals surface area contributed by atoms with E-state index in [1.165, 1.54) is 0 Å². The van der Waals surface area contributed by atoms with Crippen LogP contribution in [0.15, 0.2) is 12.3 Å². The molecule has 0 aliphatic carbocycles. The molecule has 0 spiro atoms. The van der Waals surface area contributed by atoms with Crippen molar-refractivity contribution in [3.05, 3.63) is 27.9 Å². The summed E-state index contributed by atoms with van der Waals surface area (Å²) in [5, 5.41) is 19.7. The van der Waals surface area contributed by atoms with Crippen LogP contribution in [0.4, 0.5) is 5.69 Å². The molecule has 0 saturated carbocycles. The van der Waals surface area contributed by atoms with E-state index in [1.807, 2.05) is 0 Å². The smallest absolute Gasteiger partial charge is 0.337 e. The first-order chi connectivity index (χ1) is 9.58. The number of carboxylic acids is 1. The van der Waals surface area contributed by atoms with Crippen molar-refractivity contribution >= 4 is 11.7 Å². The van der Waals surface area contributed by atoms with E-state index in [4.69, 9.17) is 14.6 Å². The minimum Gasteiger partial charge on any atom is -0.478 e. The first kappa shape index (κ1) is 14.2. The van der Waals surface area contributed by atoms with Crippen LogP contribution in [0.25, 0.3) is 0 Å². The topological polar surface area (TPSA) is 112 Å². The van der Waals surface area contributed by atoms with Gasteiger partial charge in [-0.3, -0.25) is 10.1 Å². The molecule has 108 valence electrons. The first-order valence-corrected chi connectivity index (χ1v) is 6.16. The summed E-state index contributed by atoms with van der Waals surface area (Å²) in [4.78, 5) is 24.7. The van der Waals surface area contributed by atoms with E-state index in [-0.39, 0.29) is 17.4 Å². The minimum atomic E-state index is -1.27. The van der Waals surface area contributed by atoms with Gasteiger partial charge in [-0.2, -0.15) is 0 Å². The molecule has 1 aliphatic rings. The third kappa shape index (κ3) is 3.41. The number of pyridine rings is 1. The maximum atomic E-state index is 10.9. The highest BCUT2D eigenvalue weighted by molar-refractivity contribution is 5.88. The fraction of sp³-hybridized carbons (Fsp3) is 0.500. The van der Waals surface area contributed by atoms with Crippen molar-refractivity contribution in [2.24, 2.45) is 5.92 Å². The van der Waals surface area contributed by atoms with E-state index in [0.717, 1.165) is 25.1 Å². The van der Waals surface area contributed by atoms with Gasteiger partial charge in [0, 0.05) is 25.5 Å². The van der Waals surface area contributed by atoms with Crippen LogP contribution < -0.4 is 4.74 Å². The lowest BCUT2D eigenvalue weighted by atomic mass is 10.0. The van der Waals surface area contributed by atoms with Crippen LogP contribution in [-0.2, 0) is 4.74 Å². The number of aromatic nitrogens is 1. The zero-order valence-electron chi connectivity index (χ0n) is 10.7. The molecular formula is C12H14N2O6. The van der Waals surface area contributed by atoms with Crippen molar-refractivity contribution in [1.29, 1.82) is 0 Å². The van der Waals surface area contributed by atoms with Crippen molar-refractivity contribution < 1.29 is 24.3 Å². The van der Waals surface area contributed by atoms with Crippen molar-refractivity contribution in [3.8, 4) is 5.88 Å². The van der Waals surface area contributed by atoms with Gasteiger partial charge < -0.3 is 14.6 Å². The Kier molecular flexibility index (Phi) is 4.46. The van der Waals surface area contributed by atoms with Gasteiger partial charge in [-0.05, 0) is 18.8 Å². The molecule has 0 atom stereocenters. The zero-order valence-corrected chi connectivity index (χ0v) is 10.7. The average Bonchev–Trinajstić information content (AvgIpc) is 2.45. The predicted octanol–water partition coefficient (Wildman–Crippen LogP) is 1.49. The van der Waals surface area contributed by atoms with E-state index >= 15 is 0 Å². The SMILES string of the molecule is O=C(O)c1cnc(OCC2CCOCC2)c([N+](=O)[O-])c1. The lowest BCUT2D eigenvalue weighted by Crippen LogP contribution is -2.22. The highest BCUT2D eigenvalue weighted by atomic mass is 16.6. The second-order valence-electron chi connectivity index (χ2n) is 4.48. The Hall–Kier alpha value is -2.22. The van der Waals surface area contributed by atoms with Gasteiger partial charge in [-0.1, -0.05) is 0 Å². The number of nitrogens with zero attached hydrogens (tertiary/aromatic N) is 2. The number of hydrogen-bond acceptors (Lipinski definition) is 6. The Morgan fingerprint density at radius 1 is 1.55 bits per heavy atom. The standard InChI is InChI=1S/C12H14N2O6/c15-12(16)9-5-10(14(17)18)11(13-6-9)20-7-8-1-3-19-4-2-8/h5-6,8H,1-4,7H2,(H,15,16). The van der Waals surface area contributed by atoms with Gasteiger partial charge in [0.05, 0.1) is 17.1 Å². The Bertz CT molecular complexity index is 513. The first-order valence-electron chi connectivity index (χ1n) is 6.16. The van der Waals surface area contributed by atoms with E-state index in [2.05, 4.69) is 4.98 Å². The molecule has 0 bridgehead atoms. The summed E-state index contributed by atoms with van der Waals surface area (Å²) in [7, 11) is 0. The molecule has 1 fully saturated rings. The average molecular weight is 282 g/mol. The Morgan fingerprint density at radius 2 is 2.25 bits per heavy atom. The molecular weight excluding hydrogens is 268 g/mol. The van der Waals surface area contributed by atoms with Crippen molar-refractivity contribution in [2.75, 3.05) is 19.8 Å². The van der Waals surface area contributed by atoms with Gasteiger partial charge in [0.25, 0.3) is 5.88 Å². The molecule has 2 heterocycles. The van der Waals surface area contributed by atoms with Crippen LogP contribution >= 0.6 is 0 Å². The van der Waals surface area contributed by atoms with Crippen LogP contribution in [0.2, 0.25) is 0 Å². The van der Waals surface area contributed by atoms with Gasteiger partial charge in [0.2, 0.25) is 0 Å².